The molecule has 1 aromatic carbocycles. The number of pyridine rings is 1. The number of halogens is 4. The number of thiol groups is 1. The molecule has 27 heavy (non-hydrogen) atoms. The fraction of sp³-hybridized carbons (Fsp3) is 0.143. The molecule has 0 saturated heterocycles. The van der Waals surface area contributed by atoms with Crippen LogP contribution in [0.5, 0.6) is 11.6 Å². The van der Waals surface area contributed by atoms with Gasteiger partial charge in [0.15, 0.2) is 0 Å². The van der Waals surface area contributed by atoms with Gasteiger partial charge < -0.3 is 9.46 Å². The SMILES string of the molecule is CS(=O)(=O)n1c(NS)nc2ccc(Oc3ncc(C(F)(F)F)cc3Cl)cc21. The van der Waals surface area contributed by atoms with Crippen LogP contribution >= 0.6 is 24.4 Å². The molecule has 2 aromatic heterocycles. The molecule has 0 amide bonds. The van der Waals surface area contributed by atoms with Crippen molar-refractivity contribution in [1.82, 2.24) is 13.9 Å². The highest BCUT2D eigenvalue weighted by molar-refractivity contribution is 7.89. The number of alkyl halides is 3. The second-order valence-corrected chi connectivity index (χ2v) is 7.80. The maximum atomic E-state index is 12.7. The zero-order valence-electron chi connectivity index (χ0n) is 13.3. The van der Waals surface area contributed by atoms with Gasteiger partial charge in [0.1, 0.15) is 10.8 Å². The van der Waals surface area contributed by atoms with Crippen molar-refractivity contribution in [3.8, 4) is 11.6 Å². The smallest absolute Gasteiger partial charge is 0.417 e. The fourth-order valence-electron chi connectivity index (χ4n) is 2.27. The Labute approximate surface area is 161 Å². The number of ether oxygens (including phenoxy) is 1. The van der Waals surface area contributed by atoms with Crippen LogP contribution in [0.25, 0.3) is 11.0 Å². The highest BCUT2D eigenvalue weighted by atomic mass is 35.5. The maximum Gasteiger partial charge on any atom is 0.417 e. The summed E-state index contributed by atoms with van der Waals surface area (Å²) >= 11 is 9.64. The molecule has 0 atom stereocenters. The van der Waals surface area contributed by atoms with Gasteiger partial charge in [0, 0.05) is 12.3 Å². The predicted molar refractivity (Wildman–Crippen MR) is 96.9 cm³/mol. The second-order valence-electron chi connectivity index (χ2n) is 5.34. The van der Waals surface area contributed by atoms with Crippen LogP contribution in [0.4, 0.5) is 19.1 Å². The van der Waals surface area contributed by atoms with E-state index in [1.165, 1.54) is 18.2 Å². The van der Waals surface area contributed by atoms with Gasteiger partial charge in [0.2, 0.25) is 21.9 Å². The Hall–Kier alpha value is -2.18. The van der Waals surface area contributed by atoms with Crippen LogP contribution in [0.1, 0.15) is 5.56 Å². The van der Waals surface area contributed by atoms with Gasteiger partial charge in [-0.1, -0.05) is 24.4 Å². The van der Waals surface area contributed by atoms with E-state index in [2.05, 4.69) is 27.5 Å². The lowest BCUT2D eigenvalue weighted by Gasteiger charge is -2.10. The fourth-order valence-corrected chi connectivity index (χ4v) is 3.60. The third-order valence-corrected chi connectivity index (χ3v) is 4.87. The lowest BCUT2D eigenvalue weighted by Crippen LogP contribution is -2.11. The predicted octanol–water partition coefficient (Wildman–Crippen LogP) is 3.96. The molecule has 3 aromatic rings. The van der Waals surface area contributed by atoms with Gasteiger partial charge in [-0.3, -0.25) is 0 Å². The molecule has 0 aliphatic rings. The summed E-state index contributed by atoms with van der Waals surface area (Å²) in [4.78, 5) is 7.65. The minimum Gasteiger partial charge on any atom is -0.437 e. The third kappa shape index (κ3) is 3.92. The Balaban J connectivity index is 2.04. The summed E-state index contributed by atoms with van der Waals surface area (Å²) in [6.45, 7) is 0. The number of hydrogen-bond donors (Lipinski definition) is 2. The highest BCUT2D eigenvalue weighted by Crippen LogP contribution is 2.35. The first-order valence-electron chi connectivity index (χ1n) is 7.04. The summed E-state index contributed by atoms with van der Waals surface area (Å²) in [5.74, 6) is -0.187. The first-order valence-corrected chi connectivity index (χ1v) is 9.72. The standard InChI is InChI=1S/C14H10ClF3N4O3S2/c1-27(23,24)22-11-5-8(2-3-10(11)20-13(22)21-26)25-12-9(15)4-7(6-19-12)14(16,17)18/h2-6,26H,1H3,(H,20,21). The quantitative estimate of drug-likeness (QED) is 0.600. The number of anilines is 1. The molecule has 0 fully saturated rings. The van der Waals surface area contributed by atoms with Crippen molar-refractivity contribution >= 4 is 51.4 Å². The molecule has 1 N–H and O–H groups in total. The number of imidazole rings is 1. The lowest BCUT2D eigenvalue weighted by atomic mass is 10.3. The van der Waals surface area contributed by atoms with Crippen LogP contribution in [0, 0.1) is 0 Å². The molecule has 13 heteroatoms. The zero-order chi connectivity index (χ0) is 20.0. The number of benzene rings is 1. The van der Waals surface area contributed by atoms with Gasteiger partial charge in [-0.05, 0) is 18.2 Å². The molecule has 0 bridgehead atoms. The van der Waals surface area contributed by atoms with Crippen molar-refractivity contribution < 1.29 is 26.3 Å². The van der Waals surface area contributed by atoms with Crippen LogP contribution in [0.15, 0.2) is 30.5 Å². The number of hydrogen-bond acceptors (Lipinski definition) is 7. The number of aromatic nitrogens is 3. The molecule has 0 radical (unpaired) electrons. The average molecular weight is 439 g/mol. The third-order valence-electron chi connectivity index (χ3n) is 3.37. The Morgan fingerprint density at radius 1 is 1.30 bits per heavy atom. The Morgan fingerprint density at radius 3 is 2.56 bits per heavy atom. The minimum atomic E-state index is -4.59. The van der Waals surface area contributed by atoms with Crippen molar-refractivity contribution in [2.24, 2.45) is 0 Å². The molecule has 0 spiro atoms. The lowest BCUT2D eigenvalue weighted by molar-refractivity contribution is -0.137. The summed E-state index contributed by atoms with van der Waals surface area (Å²) in [5, 5.41) is -0.348. The van der Waals surface area contributed by atoms with Gasteiger partial charge >= 0.3 is 6.18 Å². The maximum absolute atomic E-state index is 12.7. The molecular weight excluding hydrogens is 429 g/mol. The first kappa shape index (κ1) is 19.6. The molecule has 144 valence electrons. The van der Waals surface area contributed by atoms with Gasteiger partial charge in [-0.2, -0.15) is 13.2 Å². The van der Waals surface area contributed by atoms with E-state index in [-0.39, 0.29) is 28.1 Å². The zero-order valence-corrected chi connectivity index (χ0v) is 15.8. The molecule has 2 heterocycles. The molecule has 0 aliphatic carbocycles. The van der Waals surface area contributed by atoms with Gasteiger partial charge in [0.25, 0.3) is 0 Å². The van der Waals surface area contributed by atoms with Crippen molar-refractivity contribution in [3.63, 3.8) is 0 Å². The van der Waals surface area contributed by atoms with Crippen LogP contribution in [-0.4, -0.2) is 28.6 Å². The average Bonchev–Trinajstić information content (AvgIpc) is 2.93. The molecule has 3 rings (SSSR count). The summed E-state index contributed by atoms with van der Waals surface area (Å²) in [7, 11) is -3.73. The van der Waals surface area contributed by atoms with E-state index in [1.807, 2.05) is 0 Å². The van der Waals surface area contributed by atoms with Gasteiger partial charge in [-0.25, -0.2) is 22.4 Å². The second kappa shape index (κ2) is 6.77. The number of rotatable bonds is 4. The van der Waals surface area contributed by atoms with E-state index in [0.29, 0.717) is 17.8 Å². The summed E-state index contributed by atoms with van der Waals surface area (Å²) in [6, 6.07) is 4.94. The van der Waals surface area contributed by atoms with Crippen molar-refractivity contribution in [1.29, 1.82) is 0 Å². The van der Waals surface area contributed by atoms with E-state index in [9.17, 15) is 21.6 Å². The van der Waals surface area contributed by atoms with Crippen molar-refractivity contribution in [3.05, 3.63) is 41.0 Å². The number of nitrogens with zero attached hydrogens (tertiary/aromatic N) is 3. The Bertz CT molecular complexity index is 1130. The van der Waals surface area contributed by atoms with Crippen LogP contribution < -0.4 is 9.46 Å². The van der Waals surface area contributed by atoms with Crippen LogP contribution in [0.2, 0.25) is 5.02 Å². The van der Waals surface area contributed by atoms with Crippen LogP contribution in [-0.2, 0) is 16.2 Å². The molecule has 7 nitrogen and oxygen atoms in total. The summed E-state index contributed by atoms with van der Waals surface area (Å²) in [6.07, 6.45) is -3.03. The Kier molecular flexibility index (Phi) is 4.91. The van der Waals surface area contributed by atoms with Gasteiger partial charge in [-0.15, -0.1) is 0 Å². The van der Waals surface area contributed by atoms with E-state index in [4.69, 9.17) is 16.3 Å². The number of nitrogens with one attached hydrogen (secondary N) is 1. The Morgan fingerprint density at radius 2 is 2.00 bits per heavy atom. The van der Waals surface area contributed by atoms with Crippen molar-refractivity contribution in [2.45, 2.75) is 6.18 Å². The molecule has 0 aliphatic heterocycles. The van der Waals surface area contributed by atoms with Crippen LogP contribution in [0.3, 0.4) is 0 Å². The molecule has 0 unspecified atom stereocenters. The minimum absolute atomic E-state index is 0.0290. The monoisotopic (exact) mass is 438 g/mol. The van der Waals surface area contributed by atoms with E-state index in [1.54, 1.807) is 0 Å². The molecular formula is C14H10ClF3N4O3S2. The van der Waals surface area contributed by atoms with E-state index >= 15 is 0 Å². The topological polar surface area (TPSA) is 86.1 Å². The van der Waals surface area contributed by atoms with Crippen molar-refractivity contribution in [2.75, 3.05) is 11.0 Å². The normalized spacial score (nSPS) is 12.4. The molecule has 0 saturated carbocycles. The van der Waals surface area contributed by atoms with E-state index in [0.717, 1.165) is 10.2 Å². The summed E-state index contributed by atoms with van der Waals surface area (Å²) < 4.78 is 70.7. The van der Waals surface area contributed by atoms with Gasteiger partial charge in [0.05, 0.1) is 22.9 Å². The largest absolute Gasteiger partial charge is 0.437 e. The highest BCUT2D eigenvalue weighted by Gasteiger charge is 2.32. The summed E-state index contributed by atoms with van der Waals surface area (Å²) in [5.41, 5.74) is -0.514. The first-order chi connectivity index (χ1) is 12.5. The van der Waals surface area contributed by atoms with E-state index < -0.39 is 21.8 Å². The number of fused-ring (bicyclic) bond motifs is 1.